The van der Waals surface area contributed by atoms with Gasteiger partial charge in [-0.2, -0.15) is 0 Å². The molecule has 0 atom stereocenters. The van der Waals surface area contributed by atoms with Gasteiger partial charge in [0.05, 0.1) is 13.7 Å². The van der Waals surface area contributed by atoms with E-state index in [1.165, 1.54) is 36.6 Å². The number of nitrogens with one attached hydrogen (secondary N) is 1. The van der Waals surface area contributed by atoms with Gasteiger partial charge >= 0.3 is 0 Å². The van der Waals surface area contributed by atoms with Gasteiger partial charge in [0.1, 0.15) is 18.2 Å². The maximum Gasteiger partial charge on any atom is 0.257 e. The summed E-state index contributed by atoms with van der Waals surface area (Å²) < 4.78 is 37.2. The average Bonchev–Trinajstić information content (AvgIpc) is 3.11. The Bertz CT molecular complexity index is 990. The molecule has 0 spiro atoms. The minimum Gasteiger partial charge on any atom is -0.493 e. The van der Waals surface area contributed by atoms with Crippen molar-refractivity contribution in [2.45, 2.75) is 6.42 Å². The number of aliphatic hydroxyl groups excluding tert-OH is 1. The number of methoxy groups -OCH3 is 1. The third-order valence-electron chi connectivity index (χ3n) is 3.85. The van der Waals surface area contributed by atoms with Crippen molar-refractivity contribution in [1.82, 2.24) is 4.98 Å². The first-order valence-electron chi connectivity index (χ1n) is 8.61. The van der Waals surface area contributed by atoms with Gasteiger partial charge in [-0.15, -0.1) is 11.3 Å². The van der Waals surface area contributed by atoms with Gasteiger partial charge in [-0.3, -0.25) is 10.1 Å². The Morgan fingerprint density at radius 1 is 1.17 bits per heavy atom. The van der Waals surface area contributed by atoms with Crippen LogP contribution >= 0.6 is 11.3 Å². The number of hydrogen-bond acceptors (Lipinski definition) is 6. The molecule has 1 amide bonds. The van der Waals surface area contributed by atoms with E-state index in [0.717, 1.165) is 10.9 Å². The molecule has 1 heterocycles. The third kappa shape index (κ3) is 5.49. The highest BCUT2D eigenvalue weighted by molar-refractivity contribution is 7.15. The number of nitrogens with zero attached hydrogens (tertiary/aromatic N) is 1. The van der Waals surface area contributed by atoms with E-state index < -0.39 is 17.5 Å². The van der Waals surface area contributed by atoms with Gasteiger partial charge in [-0.25, -0.2) is 13.8 Å². The monoisotopic (exact) mass is 420 g/mol. The Hall–Kier alpha value is -3.04. The van der Waals surface area contributed by atoms with Crippen molar-refractivity contribution in [1.29, 1.82) is 0 Å². The van der Waals surface area contributed by atoms with Crippen molar-refractivity contribution in [2.75, 3.05) is 25.6 Å². The maximum atomic E-state index is 13.3. The van der Waals surface area contributed by atoms with E-state index in [4.69, 9.17) is 14.6 Å². The van der Waals surface area contributed by atoms with Crippen LogP contribution in [0.4, 0.5) is 13.9 Å². The molecule has 0 aliphatic carbocycles. The number of hydrogen-bond donors (Lipinski definition) is 2. The Kier molecular flexibility index (Phi) is 6.73. The molecule has 6 nitrogen and oxygen atoms in total. The van der Waals surface area contributed by atoms with Crippen LogP contribution < -0.4 is 14.8 Å². The van der Waals surface area contributed by atoms with Crippen molar-refractivity contribution in [3.63, 3.8) is 0 Å². The van der Waals surface area contributed by atoms with Crippen LogP contribution in [0.5, 0.6) is 11.5 Å². The van der Waals surface area contributed by atoms with E-state index in [1.54, 1.807) is 18.3 Å². The number of rotatable bonds is 8. The smallest absolute Gasteiger partial charge is 0.257 e. The topological polar surface area (TPSA) is 80.7 Å². The number of anilines is 1. The zero-order chi connectivity index (χ0) is 20.8. The summed E-state index contributed by atoms with van der Waals surface area (Å²) in [6.07, 6.45) is 1.84. The van der Waals surface area contributed by atoms with E-state index >= 15 is 0 Å². The molecule has 1 aromatic heterocycles. The molecule has 0 aliphatic heterocycles. The molecule has 3 aromatic rings. The highest BCUT2D eigenvalue weighted by Crippen LogP contribution is 2.29. The number of thiazole rings is 1. The van der Waals surface area contributed by atoms with Crippen molar-refractivity contribution >= 4 is 22.4 Å². The molecular weight excluding hydrogens is 402 g/mol. The summed E-state index contributed by atoms with van der Waals surface area (Å²) in [7, 11) is 1.47. The number of aromatic nitrogens is 1. The highest BCUT2D eigenvalue weighted by atomic mass is 32.1. The van der Waals surface area contributed by atoms with Crippen molar-refractivity contribution in [3.05, 3.63) is 70.2 Å². The van der Waals surface area contributed by atoms with Gasteiger partial charge in [-0.05, 0) is 35.9 Å². The van der Waals surface area contributed by atoms with Crippen LogP contribution in [-0.2, 0) is 6.42 Å². The lowest BCUT2D eigenvalue weighted by atomic mass is 10.1. The van der Waals surface area contributed by atoms with E-state index in [1.807, 2.05) is 0 Å². The van der Waals surface area contributed by atoms with Gasteiger partial charge < -0.3 is 14.6 Å². The molecule has 0 radical (unpaired) electrons. The summed E-state index contributed by atoms with van der Waals surface area (Å²) in [4.78, 5) is 17.4. The summed E-state index contributed by atoms with van der Waals surface area (Å²) in [5, 5.41) is 11.9. The van der Waals surface area contributed by atoms with Crippen molar-refractivity contribution in [3.8, 4) is 11.5 Å². The fourth-order valence-electron chi connectivity index (χ4n) is 2.62. The second-order valence-corrected chi connectivity index (χ2v) is 7.09. The zero-order valence-corrected chi connectivity index (χ0v) is 16.3. The summed E-state index contributed by atoms with van der Waals surface area (Å²) >= 11 is 1.21. The van der Waals surface area contributed by atoms with E-state index in [-0.39, 0.29) is 13.2 Å². The molecule has 2 aromatic carbocycles. The lowest BCUT2D eigenvalue weighted by molar-refractivity contribution is 0.102. The molecule has 0 unspecified atom stereocenters. The van der Waals surface area contributed by atoms with Gasteiger partial charge in [0.2, 0.25) is 0 Å². The standard InChI is InChI=1S/C20H18F2N2O4S/c1-27-17-3-2-13(9-18(17)28-5-4-25)19(26)24-20-23-11-16(29-20)8-12-6-14(21)10-15(22)7-12/h2-3,6-7,9-11,25H,4-5,8H2,1H3,(H,23,24,26). The highest BCUT2D eigenvalue weighted by Gasteiger charge is 2.14. The predicted molar refractivity (Wildman–Crippen MR) is 105 cm³/mol. The van der Waals surface area contributed by atoms with Crippen molar-refractivity contribution in [2.24, 2.45) is 0 Å². The Morgan fingerprint density at radius 3 is 2.62 bits per heavy atom. The summed E-state index contributed by atoms with van der Waals surface area (Å²) in [6, 6.07) is 8.00. The zero-order valence-electron chi connectivity index (χ0n) is 15.4. The molecule has 29 heavy (non-hydrogen) atoms. The summed E-state index contributed by atoms with van der Waals surface area (Å²) in [6.45, 7) is -0.103. The molecule has 9 heteroatoms. The molecule has 2 N–H and O–H groups in total. The minimum atomic E-state index is -0.642. The van der Waals surface area contributed by atoms with Crippen LogP contribution in [0.1, 0.15) is 20.8 Å². The molecule has 152 valence electrons. The number of carbonyl (C=O) groups is 1. The van der Waals surface area contributed by atoms with Gasteiger partial charge in [0.25, 0.3) is 5.91 Å². The van der Waals surface area contributed by atoms with E-state index in [9.17, 15) is 13.6 Å². The first kappa shape index (κ1) is 20.7. The Balaban J connectivity index is 1.69. The van der Waals surface area contributed by atoms with Crippen LogP contribution in [0.15, 0.2) is 42.6 Å². The lowest BCUT2D eigenvalue weighted by Crippen LogP contribution is -2.12. The number of ether oxygens (including phenoxy) is 2. The van der Waals surface area contributed by atoms with Crippen LogP contribution in [0.3, 0.4) is 0 Å². The number of halogens is 2. The molecule has 0 saturated heterocycles. The number of benzene rings is 2. The van der Waals surface area contributed by atoms with Gasteiger partial charge in [0.15, 0.2) is 16.6 Å². The summed E-state index contributed by atoms with van der Waals surface area (Å²) in [5.74, 6) is -0.913. The average molecular weight is 420 g/mol. The number of aliphatic hydroxyl groups is 1. The third-order valence-corrected chi connectivity index (χ3v) is 4.76. The first-order chi connectivity index (χ1) is 14.0. The van der Waals surface area contributed by atoms with E-state index in [2.05, 4.69) is 10.3 Å². The van der Waals surface area contributed by atoms with Gasteiger partial charge in [-0.1, -0.05) is 0 Å². The Labute approximate surface area is 169 Å². The van der Waals surface area contributed by atoms with E-state index in [0.29, 0.717) is 34.2 Å². The largest absolute Gasteiger partial charge is 0.493 e. The summed E-state index contributed by atoms with van der Waals surface area (Å²) in [5.41, 5.74) is 0.799. The first-order valence-corrected chi connectivity index (χ1v) is 9.43. The molecule has 0 fully saturated rings. The molecule has 0 saturated carbocycles. The molecule has 3 rings (SSSR count). The van der Waals surface area contributed by atoms with Crippen LogP contribution in [0.25, 0.3) is 0 Å². The fraction of sp³-hybridized carbons (Fsp3) is 0.200. The maximum absolute atomic E-state index is 13.3. The van der Waals surface area contributed by atoms with Crippen LogP contribution in [0.2, 0.25) is 0 Å². The molecule has 0 aliphatic rings. The number of carbonyl (C=O) groups excluding carboxylic acids is 1. The van der Waals surface area contributed by atoms with Crippen molar-refractivity contribution < 1.29 is 28.2 Å². The van der Waals surface area contributed by atoms with Crippen LogP contribution in [0, 0.1) is 11.6 Å². The van der Waals surface area contributed by atoms with Gasteiger partial charge in [0, 0.05) is 29.1 Å². The minimum absolute atomic E-state index is 0.0674. The fourth-order valence-corrected chi connectivity index (χ4v) is 3.46. The normalized spacial score (nSPS) is 10.6. The quantitative estimate of drug-likeness (QED) is 0.582. The number of amides is 1. The molecule has 0 bridgehead atoms. The second kappa shape index (κ2) is 9.44. The SMILES string of the molecule is COc1ccc(C(=O)Nc2ncc(Cc3cc(F)cc(F)c3)s2)cc1OCCO. The van der Waals surface area contributed by atoms with Crippen LogP contribution in [-0.4, -0.2) is 36.3 Å². The lowest BCUT2D eigenvalue weighted by Gasteiger charge is -2.11. The molecular formula is C20H18F2N2O4S. The predicted octanol–water partition coefficient (Wildman–Crippen LogP) is 3.64. The Morgan fingerprint density at radius 2 is 1.93 bits per heavy atom. The second-order valence-electron chi connectivity index (χ2n) is 5.98.